The number of allylic oxidation sites excluding steroid dienone is 2. The molecule has 1 heterocycles. The molecular formula is C12H18O3. The van der Waals surface area contributed by atoms with Crippen molar-refractivity contribution in [1.82, 2.24) is 0 Å². The fourth-order valence-corrected chi connectivity index (χ4v) is 2.66. The van der Waals surface area contributed by atoms with Gasteiger partial charge in [0.2, 0.25) is 0 Å². The number of ether oxygens (including phenoxy) is 1. The smallest absolute Gasteiger partial charge is 0.312 e. The maximum Gasteiger partial charge on any atom is 0.312 e. The first kappa shape index (κ1) is 10.7. The molecule has 4 unspecified atom stereocenters. The number of carbonyl (C=O) groups excluding carboxylic acids is 1. The highest BCUT2D eigenvalue weighted by Gasteiger charge is 2.50. The first-order valence-corrected chi connectivity index (χ1v) is 5.57. The number of esters is 1. The van der Waals surface area contributed by atoms with E-state index in [1.807, 2.05) is 0 Å². The van der Waals surface area contributed by atoms with E-state index in [4.69, 9.17) is 4.74 Å². The third-order valence-corrected chi connectivity index (χ3v) is 3.50. The van der Waals surface area contributed by atoms with Crippen LogP contribution < -0.4 is 0 Å². The van der Waals surface area contributed by atoms with E-state index in [0.29, 0.717) is 6.61 Å². The van der Waals surface area contributed by atoms with Crippen LogP contribution in [0.3, 0.4) is 0 Å². The second-order valence-electron chi connectivity index (χ2n) is 4.92. The standard InChI is InChI=1S/C12H18O3/c1-7(2)3-4-8-5-9-6-15-12(14)10(9)11(8)13/h3,8-11,13H,4-6H2,1-2H3. The fourth-order valence-electron chi connectivity index (χ4n) is 2.66. The van der Waals surface area contributed by atoms with E-state index in [1.165, 1.54) is 5.57 Å². The summed E-state index contributed by atoms with van der Waals surface area (Å²) in [5.74, 6) is 0.0403. The van der Waals surface area contributed by atoms with Crippen molar-refractivity contribution >= 4 is 5.97 Å². The number of carbonyl (C=O) groups is 1. The fraction of sp³-hybridized carbons (Fsp3) is 0.750. The van der Waals surface area contributed by atoms with Gasteiger partial charge in [-0.15, -0.1) is 0 Å². The van der Waals surface area contributed by atoms with Crippen molar-refractivity contribution in [2.75, 3.05) is 6.61 Å². The van der Waals surface area contributed by atoms with Crippen molar-refractivity contribution in [2.24, 2.45) is 17.8 Å². The van der Waals surface area contributed by atoms with Gasteiger partial charge in [0.05, 0.1) is 18.6 Å². The lowest BCUT2D eigenvalue weighted by molar-refractivity contribution is -0.144. The van der Waals surface area contributed by atoms with Gasteiger partial charge in [0.25, 0.3) is 0 Å². The van der Waals surface area contributed by atoms with Crippen molar-refractivity contribution < 1.29 is 14.6 Å². The Hall–Kier alpha value is -0.830. The van der Waals surface area contributed by atoms with Gasteiger partial charge >= 0.3 is 5.97 Å². The Morgan fingerprint density at radius 1 is 1.60 bits per heavy atom. The topological polar surface area (TPSA) is 46.5 Å². The Bertz CT molecular complexity index is 291. The summed E-state index contributed by atoms with van der Waals surface area (Å²) in [4.78, 5) is 11.4. The van der Waals surface area contributed by atoms with E-state index in [2.05, 4.69) is 19.9 Å². The number of hydrogen-bond acceptors (Lipinski definition) is 3. The van der Waals surface area contributed by atoms with Crippen molar-refractivity contribution in [1.29, 1.82) is 0 Å². The van der Waals surface area contributed by atoms with Crippen LogP contribution in [0.1, 0.15) is 26.7 Å². The molecule has 0 aromatic carbocycles. The molecule has 0 aromatic heterocycles. The lowest BCUT2D eigenvalue weighted by Gasteiger charge is -2.15. The van der Waals surface area contributed by atoms with Gasteiger partial charge in [-0.3, -0.25) is 4.79 Å². The summed E-state index contributed by atoms with van der Waals surface area (Å²) in [6.07, 6.45) is 3.44. The van der Waals surface area contributed by atoms with Crippen LogP contribution in [0.25, 0.3) is 0 Å². The van der Waals surface area contributed by atoms with Crippen LogP contribution >= 0.6 is 0 Å². The number of cyclic esters (lactones) is 1. The molecule has 3 heteroatoms. The van der Waals surface area contributed by atoms with Gasteiger partial charge in [-0.05, 0) is 32.6 Å². The second kappa shape index (κ2) is 3.97. The van der Waals surface area contributed by atoms with Crippen LogP contribution in [0.2, 0.25) is 0 Å². The molecule has 0 radical (unpaired) electrons. The Kier molecular flexibility index (Phi) is 2.83. The highest BCUT2D eigenvalue weighted by molar-refractivity contribution is 5.76. The maximum atomic E-state index is 11.4. The molecule has 1 aliphatic heterocycles. The van der Waals surface area contributed by atoms with Crippen LogP contribution in [-0.4, -0.2) is 23.8 Å². The summed E-state index contributed by atoms with van der Waals surface area (Å²) >= 11 is 0. The van der Waals surface area contributed by atoms with Gasteiger partial charge < -0.3 is 9.84 Å². The van der Waals surface area contributed by atoms with Crippen molar-refractivity contribution in [3.63, 3.8) is 0 Å². The third kappa shape index (κ3) is 1.93. The molecule has 2 aliphatic rings. The molecule has 1 saturated carbocycles. The quantitative estimate of drug-likeness (QED) is 0.555. The average Bonchev–Trinajstić information content (AvgIpc) is 2.66. The van der Waals surface area contributed by atoms with Crippen molar-refractivity contribution in [3.05, 3.63) is 11.6 Å². The number of fused-ring (bicyclic) bond motifs is 1. The molecule has 84 valence electrons. The molecule has 0 aromatic rings. The summed E-state index contributed by atoms with van der Waals surface area (Å²) in [6, 6.07) is 0. The predicted octanol–water partition coefficient (Wildman–Crippen LogP) is 1.51. The molecule has 4 atom stereocenters. The maximum absolute atomic E-state index is 11.4. The van der Waals surface area contributed by atoms with Gasteiger partial charge in [0.15, 0.2) is 0 Å². The molecule has 1 N–H and O–H groups in total. The minimum atomic E-state index is -0.499. The highest BCUT2D eigenvalue weighted by atomic mass is 16.5. The number of rotatable bonds is 2. The summed E-state index contributed by atoms with van der Waals surface area (Å²) in [7, 11) is 0. The lowest BCUT2D eigenvalue weighted by atomic mass is 9.97. The Morgan fingerprint density at radius 2 is 2.33 bits per heavy atom. The minimum Gasteiger partial charge on any atom is -0.465 e. The van der Waals surface area contributed by atoms with Crippen LogP contribution in [0, 0.1) is 17.8 Å². The summed E-state index contributed by atoms with van der Waals surface area (Å²) < 4.78 is 4.95. The molecule has 1 aliphatic carbocycles. The average molecular weight is 210 g/mol. The monoisotopic (exact) mass is 210 g/mol. The van der Waals surface area contributed by atoms with Gasteiger partial charge in [-0.2, -0.15) is 0 Å². The second-order valence-corrected chi connectivity index (χ2v) is 4.92. The Morgan fingerprint density at radius 3 is 2.93 bits per heavy atom. The van der Waals surface area contributed by atoms with Crippen LogP contribution in [0.5, 0.6) is 0 Å². The molecule has 2 rings (SSSR count). The molecule has 15 heavy (non-hydrogen) atoms. The zero-order chi connectivity index (χ0) is 11.0. The third-order valence-electron chi connectivity index (χ3n) is 3.50. The van der Waals surface area contributed by atoms with E-state index >= 15 is 0 Å². The summed E-state index contributed by atoms with van der Waals surface area (Å²) in [6.45, 7) is 4.61. The van der Waals surface area contributed by atoms with Crippen LogP contribution in [0.4, 0.5) is 0 Å². The number of aliphatic hydroxyl groups excluding tert-OH is 1. The van der Waals surface area contributed by atoms with Crippen molar-refractivity contribution in [2.45, 2.75) is 32.8 Å². The van der Waals surface area contributed by atoms with Crippen LogP contribution in [0.15, 0.2) is 11.6 Å². The largest absolute Gasteiger partial charge is 0.465 e. The van der Waals surface area contributed by atoms with Crippen LogP contribution in [-0.2, 0) is 9.53 Å². The summed E-state index contributed by atoms with van der Waals surface area (Å²) in [5.41, 5.74) is 1.27. The molecule has 0 amide bonds. The zero-order valence-electron chi connectivity index (χ0n) is 9.27. The SMILES string of the molecule is CC(C)=CCC1CC2COC(=O)C2C1O. The predicted molar refractivity (Wildman–Crippen MR) is 56.1 cm³/mol. The van der Waals surface area contributed by atoms with E-state index in [9.17, 15) is 9.90 Å². The normalized spacial score (nSPS) is 38.7. The molecular weight excluding hydrogens is 192 g/mol. The first-order chi connectivity index (χ1) is 7.09. The zero-order valence-corrected chi connectivity index (χ0v) is 9.27. The van der Waals surface area contributed by atoms with Gasteiger partial charge in [-0.25, -0.2) is 0 Å². The Labute approximate surface area is 90.1 Å². The van der Waals surface area contributed by atoms with E-state index in [0.717, 1.165) is 12.8 Å². The van der Waals surface area contributed by atoms with E-state index in [1.54, 1.807) is 0 Å². The van der Waals surface area contributed by atoms with E-state index in [-0.39, 0.29) is 23.7 Å². The molecule has 2 fully saturated rings. The van der Waals surface area contributed by atoms with E-state index < -0.39 is 6.10 Å². The molecule has 0 bridgehead atoms. The lowest BCUT2D eigenvalue weighted by Crippen LogP contribution is -2.26. The number of hydrogen-bond donors (Lipinski definition) is 1. The molecule has 0 spiro atoms. The molecule has 1 saturated heterocycles. The van der Waals surface area contributed by atoms with Gasteiger partial charge in [-0.1, -0.05) is 11.6 Å². The van der Waals surface area contributed by atoms with Gasteiger partial charge in [0.1, 0.15) is 0 Å². The summed E-state index contributed by atoms with van der Waals surface area (Å²) in [5, 5.41) is 10.0. The Balaban J connectivity index is 2.01. The van der Waals surface area contributed by atoms with Gasteiger partial charge in [0, 0.05) is 5.92 Å². The minimum absolute atomic E-state index is 0.202. The number of aliphatic hydroxyl groups is 1. The van der Waals surface area contributed by atoms with Crippen molar-refractivity contribution in [3.8, 4) is 0 Å². The molecule has 3 nitrogen and oxygen atoms in total. The highest BCUT2D eigenvalue weighted by Crippen LogP contribution is 2.42. The first-order valence-electron chi connectivity index (χ1n) is 5.57.